The van der Waals surface area contributed by atoms with E-state index in [1.807, 2.05) is 11.6 Å². The van der Waals surface area contributed by atoms with E-state index in [9.17, 15) is 0 Å². The molecule has 4 heteroatoms. The number of aromatic amines is 1. The molecule has 1 aromatic heterocycles. The summed E-state index contributed by atoms with van der Waals surface area (Å²) in [6, 6.07) is 0. The highest BCUT2D eigenvalue weighted by atomic mass is 15.1. The van der Waals surface area contributed by atoms with Crippen LogP contribution in [0.5, 0.6) is 0 Å². The Kier molecular flexibility index (Phi) is 1.88. The van der Waals surface area contributed by atoms with E-state index >= 15 is 0 Å². The molecule has 2 N–H and O–H groups in total. The molecule has 1 aliphatic carbocycles. The van der Waals surface area contributed by atoms with E-state index in [1.165, 1.54) is 5.35 Å². The van der Waals surface area contributed by atoms with E-state index < -0.39 is 0 Å². The van der Waals surface area contributed by atoms with Crippen LogP contribution in [0, 0.1) is 5.41 Å². The molecule has 0 aliphatic heterocycles. The first-order valence-electron chi connectivity index (χ1n) is 4.31. The summed E-state index contributed by atoms with van der Waals surface area (Å²) in [7, 11) is 1.95. The lowest BCUT2D eigenvalue weighted by Gasteiger charge is -1.94. The molecule has 68 valence electrons. The molecule has 0 aromatic carbocycles. The van der Waals surface area contributed by atoms with Crippen LogP contribution in [0.1, 0.15) is 12.8 Å². The van der Waals surface area contributed by atoms with E-state index in [4.69, 9.17) is 5.41 Å². The van der Waals surface area contributed by atoms with Gasteiger partial charge in [-0.1, -0.05) is 12.2 Å². The van der Waals surface area contributed by atoms with Crippen LogP contribution in [0.2, 0.25) is 0 Å². The van der Waals surface area contributed by atoms with Crippen molar-refractivity contribution in [2.75, 3.05) is 0 Å². The lowest BCUT2D eigenvalue weighted by Crippen LogP contribution is -2.31. The van der Waals surface area contributed by atoms with E-state index in [2.05, 4.69) is 22.1 Å². The Bertz CT molecular complexity index is 501. The number of hydrogen-bond donors (Lipinski definition) is 2. The molecule has 0 fully saturated rings. The van der Waals surface area contributed by atoms with Crippen molar-refractivity contribution >= 4 is 18.5 Å². The lowest BCUT2D eigenvalue weighted by atomic mass is 10.2. The van der Waals surface area contributed by atoms with Crippen molar-refractivity contribution in [1.82, 2.24) is 9.55 Å². The minimum absolute atomic E-state index is 0.731. The van der Waals surface area contributed by atoms with Gasteiger partial charge in [-0.3, -0.25) is 5.41 Å². The fraction of sp³-hybridized carbons (Fsp3) is 0.333. The topological polar surface area (TPSA) is 56.9 Å². The molecule has 1 aromatic rings. The molecule has 0 spiro atoms. The summed E-state index contributed by atoms with van der Waals surface area (Å²) in [5, 5.41) is 9.19. The molecule has 13 heavy (non-hydrogen) atoms. The molecule has 0 bridgehead atoms. The first-order chi connectivity index (χ1) is 6.33. The number of nitrogens with one attached hydrogen (secondary N) is 2. The molecule has 2 rings (SSSR count). The number of H-pyrrole nitrogens is 1. The number of fused-ring (bicyclic) bond motifs is 1. The molecule has 4 nitrogen and oxygen atoms in total. The first-order valence-corrected chi connectivity index (χ1v) is 4.31. The number of rotatable bonds is 1. The zero-order valence-corrected chi connectivity index (χ0v) is 7.54. The van der Waals surface area contributed by atoms with Crippen LogP contribution in [0.4, 0.5) is 0 Å². The fourth-order valence-electron chi connectivity index (χ4n) is 1.59. The maximum absolute atomic E-state index is 6.90. The summed E-state index contributed by atoms with van der Waals surface area (Å²) in [6.45, 7) is 0. The first kappa shape index (κ1) is 8.04. The predicted molar refractivity (Wildman–Crippen MR) is 51.5 cm³/mol. The maximum Gasteiger partial charge on any atom is 0.209 e. The van der Waals surface area contributed by atoms with Gasteiger partial charge in [-0.05, 0) is 12.8 Å². The number of nitrogens with zero attached hydrogens (tertiary/aromatic N) is 2. The van der Waals surface area contributed by atoms with E-state index in [1.54, 1.807) is 0 Å². The highest BCUT2D eigenvalue weighted by molar-refractivity contribution is 5.50. The number of hydrogen-bond acceptors (Lipinski definition) is 1. The van der Waals surface area contributed by atoms with Crippen LogP contribution < -0.4 is 16.3 Å². The standard InChI is InChI=1S/C9H12N4/c1-13-8-5-3-2-4-7(8)12-9(13)11-6-10/h4-6H,2-3H2,1H3,(H2,10,11,12). The van der Waals surface area contributed by atoms with Crippen molar-refractivity contribution < 1.29 is 0 Å². The van der Waals surface area contributed by atoms with E-state index in [0.29, 0.717) is 0 Å². The molecular weight excluding hydrogens is 164 g/mol. The van der Waals surface area contributed by atoms with Crippen molar-refractivity contribution in [3.05, 3.63) is 16.3 Å². The summed E-state index contributed by atoms with van der Waals surface area (Å²) in [4.78, 5) is 7.08. The van der Waals surface area contributed by atoms with Gasteiger partial charge in [0.2, 0.25) is 5.62 Å². The van der Waals surface area contributed by atoms with Crippen LogP contribution in [0.15, 0.2) is 4.99 Å². The average molecular weight is 176 g/mol. The monoisotopic (exact) mass is 176 g/mol. The Labute approximate surface area is 75.5 Å². The fourth-order valence-corrected chi connectivity index (χ4v) is 1.59. The minimum atomic E-state index is 0.731. The second-order valence-electron chi connectivity index (χ2n) is 3.05. The van der Waals surface area contributed by atoms with Gasteiger partial charge in [0, 0.05) is 7.05 Å². The normalized spacial score (nSPS) is 15.9. The molecule has 0 saturated carbocycles. The van der Waals surface area contributed by atoms with Gasteiger partial charge in [-0.25, -0.2) is 4.99 Å². The summed E-state index contributed by atoms with van der Waals surface area (Å²) < 4.78 is 1.97. The molecule has 1 aliphatic rings. The Balaban J connectivity index is 2.87. The lowest BCUT2D eigenvalue weighted by molar-refractivity contribution is 0.810. The van der Waals surface area contributed by atoms with E-state index in [0.717, 1.165) is 30.1 Å². The largest absolute Gasteiger partial charge is 0.324 e. The van der Waals surface area contributed by atoms with Crippen molar-refractivity contribution in [2.45, 2.75) is 12.8 Å². The second-order valence-corrected chi connectivity index (χ2v) is 3.05. The van der Waals surface area contributed by atoms with Crippen molar-refractivity contribution in [3.8, 4) is 0 Å². The molecular formula is C9H12N4. The van der Waals surface area contributed by atoms with Gasteiger partial charge in [0.05, 0.1) is 10.7 Å². The van der Waals surface area contributed by atoms with E-state index in [-0.39, 0.29) is 0 Å². The highest BCUT2D eigenvalue weighted by Gasteiger charge is 1.98. The molecule has 0 atom stereocenters. The smallest absolute Gasteiger partial charge is 0.209 e. The molecule has 0 radical (unpaired) electrons. The van der Waals surface area contributed by atoms with Gasteiger partial charge in [-0.15, -0.1) is 0 Å². The van der Waals surface area contributed by atoms with Gasteiger partial charge in [0.1, 0.15) is 6.34 Å². The second kappa shape index (κ2) is 3.05. The van der Waals surface area contributed by atoms with Gasteiger partial charge < -0.3 is 9.55 Å². The predicted octanol–water partition coefficient (Wildman–Crippen LogP) is -0.784. The summed E-state index contributed by atoms with van der Waals surface area (Å²) >= 11 is 0. The Morgan fingerprint density at radius 1 is 1.54 bits per heavy atom. The average Bonchev–Trinajstić information content (AvgIpc) is 2.46. The van der Waals surface area contributed by atoms with Gasteiger partial charge in [0.15, 0.2) is 0 Å². The summed E-state index contributed by atoms with van der Waals surface area (Å²) in [5.74, 6) is 0. The SMILES string of the molecule is Cn1c2c([nH]/c1=N\C=N)=CCCC=2. The zero-order chi connectivity index (χ0) is 9.26. The Hall–Kier alpha value is -1.58. The highest BCUT2D eigenvalue weighted by Crippen LogP contribution is 1.92. The molecule has 0 unspecified atom stereocenters. The van der Waals surface area contributed by atoms with Gasteiger partial charge in [-0.2, -0.15) is 0 Å². The Morgan fingerprint density at radius 2 is 2.31 bits per heavy atom. The molecule has 1 heterocycles. The third-order valence-electron chi connectivity index (χ3n) is 2.24. The molecule has 0 saturated heterocycles. The third kappa shape index (κ3) is 1.24. The number of aromatic nitrogens is 2. The zero-order valence-electron chi connectivity index (χ0n) is 7.54. The van der Waals surface area contributed by atoms with Crippen LogP contribution in [-0.2, 0) is 7.05 Å². The van der Waals surface area contributed by atoms with Crippen LogP contribution >= 0.6 is 0 Å². The third-order valence-corrected chi connectivity index (χ3v) is 2.24. The quantitative estimate of drug-likeness (QED) is 0.416. The maximum atomic E-state index is 6.90. The van der Waals surface area contributed by atoms with Crippen molar-refractivity contribution in [3.63, 3.8) is 0 Å². The van der Waals surface area contributed by atoms with Crippen LogP contribution in [-0.4, -0.2) is 15.9 Å². The summed E-state index contributed by atoms with van der Waals surface area (Å²) in [6.07, 6.45) is 7.57. The molecule has 0 amide bonds. The van der Waals surface area contributed by atoms with Crippen LogP contribution in [0.25, 0.3) is 12.2 Å². The number of imidazole rings is 1. The van der Waals surface area contributed by atoms with Crippen molar-refractivity contribution in [1.29, 1.82) is 5.41 Å². The minimum Gasteiger partial charge on any atom is -0.324 e. The Morgan fingerprint density at radius 3 is 3.00 bits per heavy atom. The van der Waals surface area contributed by atoms with Gasteiger partial charge in [0.25, 0.3) is 0 Å². The van der Waals surface area contributed by atoms with Crippen LogP contribution in [0.3, 0.4) is 0 Å². The summed E-state index contributed by atoms with van der Waals surface area (Å²) in [5.41, 5.74) is 0.731. The van der Waals surface area contributed by atoms with Crippen molar-refractivity contribution in [2.24, 2.45) is 12.0 Å². The van der Waals surface area contributed by atoms with Gasteiger partial charge >= 0.3 is 0 Å².